The fraction of sp³-hybridized carbons (Fsp3) is 0.462. The molecule has 1 aliphatic heterocycles. The van der Waals surface area contributed by atoms with Crippen LogP contribution in [0.4, 0.5) is 11.8 Å². The Hall–Kier alpha value is -1.11. The molecule has 2 heterocycles. The Morgan fingerprint density at radius 1 is 1.56 bits per heavy atom. The molecule has 0 aliphatic carbocycles. The smallest absolute Gasteiger partial charge is 0.327 e. The number of esters is 1. The number of thioether (sulfide) groups is 1. The molecule has 148 valence electrons. The minimum atomic E-state index is -1.98. The molecule has 0 saturated carbocycles. The lowest BCUT2D eigenvalue weighted by Crippen LogP contribution is -2.39. The summed E-state index contributed by atoms with van der Waals surface area (Å²) in [4.78, 5) is 20.1. The maximum absolute atomic E-state index is 11.9. The molecule has 1 aromatic rings. The van der Waals surface area contributed by atoms with Gasteiger partial charge in [0.1, 0.15) is 5.84 Å². The summed E-state index contributed by atoms with van der Waals surface area (Å²) >= 11 is 23.0. The van der Waals surface area contributed by atoms with Gasteiger partial charge in [0.15, 0.2) is 21.6 Å². The van der Waals surface area contributed by atoms with Crippen LogP contribution in [-0.2, 0) is 9.53 Å². The molecule has 9 nitrogen and oxygen atoms in total. The topological polar surface area (TPSA) is 123 Å². The number of nitrogens with one attached hydrogen (secondary N) is 3. The third-order valence-electron chi connectivity index (χ3n) is 3.05. The van der Waals surface area contributed by atoms with Crippen molar-refractivity contribution in [2.75, 3.05) is 17.3 Å². The van der Waals surface area contributed by atoms with Crippen molar-refractivity contribution in [1.29, 1.82) is 5.41 Å². The van der Waals surface area contributed by atoms with Crippen LogP contribution < -0.4 is 10.7 Å². The minimum absolute atomic E-state index is 0.0115. The Kier molecular flexibility index (Phi) is 7.33. The van der Waals surface area contributed by atoms with Crippen LogP contribution in [0, 0.1) is 12.3 Å². The average Bonchev–Trinajstić information content (AvgIpc) is 2.82. The van der Waals surface area contributed by atoms with Crippen LogP contribution in [0.25, 0.3) is 0 Å². The summed E-state index contributed by atoms with van der Waals surface area (Å²) in [7, 11) is 0. The summed E-state index contributed by atoms with van der Waals surface area (Å²) in [6.45, 7) is 3.57. The lowest BCUT2D eigenvalue weighted by Gasteiger charge is -2.22. The molecule has 1 saturated heterocycles. The second-order valence-corrected chi connectivity index (χ2v) is 9.26. The number of hydrazine groups is 1. The van der Waals surface area contributed by atoms with Gasteiger partial charge in [0.05, 0.1) is 6.61 Å². The highest BCUT2D eigenvalue weighted by molar-refractivity contribution is 8.24. The number of aliphatic hydroxyl groups excluding tert-OH is 1. The number of aryl methyl sites for hydroxylation is 1. The van der Waals surface area contributed by atoms with E-state index in [1.54, 1.807) is 19.9 Å². The van der Waals surface area contributed by atoms with E-state index in [-0.39, 0.29) is 28.5 Å². The number of thiocarbonyl (C=S) groups is 1. The number of nitrogens with zero attached hydrogens (tertiary/aromatic N) is 3. The number of rotatable bonds is 6. The van der Waals surface area contributed by atoms with E-state index >= 15 is 0 Å². The molecule has 27 heavy (non-hydrogen) atoms. The van der Waals surface area contributed by atoms with Crippen LogP contribution in [0.15, 0.2) is 6.07 Å². The van der Waals surface area contributed by atoms with Gasteiger partial charge in [-0.05, 0) is 13.8 Å². The van der Waals surface area contributed by atoms with Gasteiger partial charge in [0.2, 0.25) is 9.74 Å². The molecular weight excluding hydrogens is 459 g/mol. The number of hydrogen-bond donors (Lipinski definition) is 4. The number of amidine groups is 1. The number of aliphatic hydroxyl groups is 1. The van der Waals surface area contributed by atoms with Gasteiger partial charge in [0, 0.05) is 11.8 Å². The second-order valence-electron chi connectivity index (χ2n) is 5.15. The molecule has 2 atom stereocenters. The number of aromatic nitrogens is 2. The normalized spacial score (nSPS) is 18.4. The van der Waals surface area contributed by atoms with Gasteiger partial charge >= 0.3 is 5.97 Å². The van der Waals surface area contributed by atoms with Crippen molar-refractivity contribution in [2.45, 2.75) is 29.1 Å². The zero-order valence-corrected chi connectivity index (χ0v) is 17.9. The molecule has 2 rings (SSSR count). The standard InChI is InChI=1S/C13H15Cl3N6O3S2/c1-3-25-9(23)7-8(17)22(12(26)27-7)21-6-4-5(2)18-11(19-6)20-10(24)13(14,15)16/h4,7,10,17,24H,3H2,1-2H3,(H2,18,19,20,21). The van der Waals surface area contributed by atoms with E-state index in [1.807, 2.05) is 0 Å². The van der Waals surface area contributed by atoms with Crippen LogP contribution in [-0.4, -0.2) is 58.1 Å². The van der Waals surface area contributed by atoms with Gasteiger partial charge in [-0.1, -0.05) is 58.8 Å². The Labute approximate surface area is 179 Å². The molecule has 0 spiro atoms. The number of carbonyl (C=O) groups excluding carboxylic acids is 1. The highest BCUT2D eigenvalue weighted by atomic mass is 35.6. The van der Waals surface area contributed by atoms with Gasteiger partial charge in [-0.25, -0.2) is 9.99 Å². The summed E-state index contributed by atoms with van der Waals surface area (Å²) in [6, 6.07) is 1.57. The molecule has 1 fully saturated rings. The molecular formula is C13H15Cl3N6O3S2. The predicted octanol–water partition coefficient (Wildman–Crippen LogP) is 2.46. The van der Waals surface area contributed by atoms with Crippen LogP contribution in [0.1, 0.15) is 12.6 Å². The van der Waals surface area contributed by atoms with E-state index in [4.69, 9.17) is 57.2 Å². The van der Waals surface area contributed by atoms with Crippen LogP contribution in [0.2, 0.25) is 0 Å². The quantitative estimate of drug-likeness (QED) is 0.212. The van der Waals surface area contributed by atoms with Crippen LogP contribution in [0.5, 0.6) is 0 Å². The molecule has 1 aromatic heterocycles. The van der Waals surface area contributed by atoms with Crippen molar-refractivity contribution in [3.05, 3.63) is 11.8 Å². The van der Waals surface area contributed by atoms with Crippen molar-refractivity contribution in [1.82, 2.24) is 15.0 Å². The molecule has 4 N–H and O–H groups in total. The summed E-state index contributed by atoms with van der Waals surface area (Å²) in [5.41, 5.74) is 3.35. The van der Waals surface area contributed by atoms with Gasteiger partial charge in [-0.3, -0.25) is 15.6 Å². The lowest BCUT2D eigenvalue weighted by molar-refractivity contribution is -0.141. The van der Waals surface area contributed by atoms with Crippen molar-refractivity contribution < 1.29 is 14.6 Å². The first kappa shape index (κ1) is 22.2. The minimum Gasteiger partial charge on any atom is -0.465 e. The molecule has 0 bridgehead atoms. The summed E-state index contributed by atoms with van der Waals surface area (Å²) in [5, 5.41) is 20.8. The lowest BCUT2D eigenvalue weighted by atomic mass is 10.4. The average molecular weight is 474 g/mol. The summed E-state index contributed by atoms with van der Waals surface area (Å²) in [5.74, 6) is -0.400. The first-order chi connectivity index (χ1) is 12.5. The monoisotopic (exact) mass is 472 g/mol. The van der Waals surface area contributed by atoms with E-state index in [9.17, 15) is 9.90 Å². The number of anilines is 2. The molecule has 2 unspecified atom stereocenters. The Morgan fingerprint density at radius 2 is 2.22 bits per heavy atom. The molecule has 14 heteroatoms. The first-order valence-electron chi connectivity index (χ1n) is 7.42. The number of carbonyl (C=O) groups is 1. The van der Waals surface area contributed by atoms with E-state index in [0.29, 0.717) is 5.69 Å². The third kappa shape index (κ3) is 5.69. The van der Waals surface area contributed by atoms with E-state index in [0.717, 1.165) is 11.8 Å². The molecule has 0 amide bonds. The number of hydrogen-bond acceptors (Lipinski definition) is 10. The zero-order chi connectivity index (χ0) is 20.4. The Bertz CT molecular complexity index is 763. The molecule has 1 aliphatic rings. The van der Waals surface area contributed by atoms with Crippen molar-refractivity contribution in [3.63, 3.8) is 0 Å². The number of alkyl halides is 3. The maximum atomic E-state index is 11.9. The predicted molar refractivity (Wildman–Crippen MR) is 110 cm³/mol. The van der Waals surface area contributed by atoms with Crippen LogP contribution in [0.3, 0.4) is 0 Å². The SMILES string of the molecule is CCOC(=O)C1SC(=S)N(Nc2cc(C)nc(NC(O)C(Cl)(Cl)Cl)n2)C1=N. The summed E-state index contributed by atoms with van der Waals surface area (Å²) < 4.78 is 3.21. The largest absolute Gasteiger partial charge is 0.465 e. The number of ether oxygens (including phenoxy) is 1. The zero-order valence-electron chi connectivity index (χ0n) is 14.0. The van der Waals surface area contributed by atoms with Crippen molar-refractivity contribution in [2.24, 2.45) is 0 Å². The van der Waals surface area contributed by atoms with Gasteiger partial charge in [-0.15, -0.1) is 0 Å². The Morgan fingerprint density at radius 3 is 2.81 bits per heavy atom. The van der Waals surface area contributed by atoms with E-state index in [2.05, 4.69) is 20.7 Å². The van der Waals surface area contributed by atoms with E-state index < -0.39 is 21.2 Å². The third-order valence-corrected chi connectivity index (χ3v) is 5.17. The fourth-order valence-electron chi connectivity index (χ4n) is 1.92. The molecule has 0 aromatic carbocycles. The first-order valence-corrected chi connectivity index (χ1v) is 9.84. The van der Waals surface area contributed by atoms with Crippen molar-refractivity contribution >= 4 is 86.7 Å². The maximum Gasteiger partial charge on any atom is 0.327 e. The van der Waals surface area contributed by atoms with E-state index in [1.165, 1.54) is 5.01 Å². The highest BCUT2D eigenvalue weighted by Gasteiger charge is 2.40. The van der Waals surface area contributed by atoms with Gasteiger partial charge in [0.25, 0.3) is 0 Å². The van der Waals surface area contributed by atoms with Crippen molar-refractivity contribution in [3.8, 4) is 0 Å². The summed E-state index contributed by atoms with van der Waals surface area (Å²) in [6.07, 6.45) is -1.55. The van der Waals surface area contributed by atoms with Crippen LogP contribution >= 0.6 is 58.8 Å². The van der Waals surface area contributed by atoms with Gasteiger partial charge in [-0.2, -0.15) is 4.98 Å². The Balaban J connectivity index is 2.16. The highest BCUT2D eigenvalue weighted by Crippen LogP contribution is 2.31. The molecule has 0 radical (unpaired) electrons. The fourth-order valence-corrected chi connectivity index (χ4v) is 3.35. The van der Waals surface area contributed by atoms with Gasteiger partial charge < -0.3 is 15.2 Å². The number of halogens is 3. The second kappa shape index (κ2) is 8.93.